The number of aromatic nitrogens is 2. The van der Waals surface area contributed by atoms with E-state index in [1.54, 1.807) is 48.3 Å². The summed E-state index contributed by atoms with van der Waals surface area (Å²) < 4.78 is 20.0. The van der Waals surface area contributed by atoms with E-state index in [2.05, 4.69) is 10.4 Å². The van der Waals surface area contributed by atoms with E-state index in [4.69, 9.17) is 4.74 Å². The highest BCUT2D eigenvalue weighted by molar-refractivity contribution is 6.03. The lowest BCUT2D eigenvalue weighted by Gasteiger charge is -2.07. The van der Waals surface area contributed by atoms with Crippen molar-refractivity contribution in [3.8, 4) is 5.75 Å². The fraction of sp³-hybridized carbons (Fsp3) is 0.111. The molecule has 6 heteroatoms. The molecule has 1 heterocycles. The molecule has 3 aromatic rings. The Morgan fingerprint density at radius 1 is 1.12 bits per heavy atom. The van der Waals surface area contributed by atoms with E-state index < -0.39 is 0 Å². The molecular weight excluding hydrogens is 309 g/mol. The van der Waals surface area contributed by atoms with Crippen LogP contribution < -0.4 is 10.1 Å². The monoisotopic (exact) mass is 325 g/mol. The predicted molar refractivity (Wildman–Crippen MR) is 88.3 cm³/mol. The minimum absolute atomic E-state index is 0.222. The standard InChI is InChI=1S/C18H16FN3O2/c1-22-11-10-17(21-22)20-18(23)14-4-2-13(3-5-14)12-24-16-8-6-15(19)7-9-16/h2-11H,12H2,1H3,(H,20,21,23). The van der Waals surface area contributed by atoms with Gasteiger partial charge in [-0.15, -0.1) is 0 Å². The Kier molecular flexibility index (Phi) is 4.56. The Bertz CT molecular complexity index is 826. The van der Waals surface area contributed by atoms with Gasteiger partial charge in [0.1, 0.15) is 18.2 Å². The molecule has 122 valence electrons. The second-order valence-electron chi connectivity index (χ2n) is 5.27. The van der Waals surface area contributed by atoms with Gasteiger partial charge in [-0.3, -0.25) is 9.48 Å². The lowest BCUT2D eigenvalue weighted by molar-refractivity contribution is 0.102. The summed E-state index contributed by atoms with van der Waals surface area (Å²) >= 11 is 0. The fourth-order valence-corrected chi connectivity index (χ4v) is 2.12. The number of benzene rings is 2. The van der Waals surface area contributed by atoms with Crippen LogP contribution in [0.4, 0.5) is 10.2 Å². The van der Waals surface area contributed by atoms with Crippen LogP contribution in [-0.2, 0) is 13.7 Å². The van der Waals surface area contributed by atoms with Crippen molar-refractivity contribution in [1.29, 1.82) is 0 Å². The summed E-state index contributed by atoms with van der Waals surface area (Å²) in [7, 11) is 1.78. The average molecular weight is 325 g/mol. The van der Waals surface area contributed by atoms with Crippen molar-refractivity contribution in [2.24, 2.45) is 7.05 Å². The predicted octanol–water partition coefficient (Wildman–Crippen LogP) is 3.39. The third-order valence-electron chi connectivity index (χ3n) is 3.39. The van der Waals surface area contributed by atoms with Gasteiger partial charge in [0.15, 0.2) is 5.82 Å². The van der Waals surface area contributed by atoms with Crippen LogP contribution in [0.15, 0.2) is 60.8 Å². The van der Waals surface area contributed by atoms with Gasteiger partial charge < -0.3 is 10.1 Å². The number of aryl methyl sites for hydroxylation is 1. The van der Waals surface area contributed by atoms with E-state index >= 15 is 0 Å². The van der Waals surface area contributed by atoms with Crippen LogP contribution in [-0.4, -0.2) is 15.7 Å². The van der Waals surface area contributed by atoms with Crippen LogP contribution >= 0.6 is 0 Å². The maximum atomic E-state index is 12.8. The molecule has 1 N–H and O–H groups in total. The third kappa shape index (κ3) is 3.98. The number of carbonyl (C=O) groups is 1. The number of ether oxygens (including phenoxy) is 1. The smallest absolute Gasteiger partial charge is 0.256 e. The van der Waals surface area contributed by atoms with Gasteiger partial charge in [-0.2, -0.15) is 5.10 Å². The zero-order chi connectivity index (χ0) is 16.9. The number of amides is 1. The van der Waals surface area contributed by atoms with E-state index in [0.29, 0.717) is 23.7 Å². The molecule has 0 radical (unpaired) electrons. The van der Waals surface area contributed by atoms with Gasteiger partial charge >= 0.3 is 0 Å². The summed E-state index contributed by atoms with van der Waals surface area (Å²) in [4.78, 5) is 12.1. The van der Waals surface area contributed by atoms with Crippen LogP contribution in [0.5, 0.6) is 5.75 Å². The zero-order valence-corrected chi connectivity index (χ0v) is 13.1. The Hall–Kier alpha value is -3.15. The highest BCUT2D eigenvalue weighted by atomic mass is 19.1. The molecule has 2 aromatic carbocycles. The minimum atomic E-state index is -0.300. The molecule has 0 spiro atoms. The van der Waals surface area contributed by atoms with Crippen molar-refractivity contribution < 1.29 is 13.9 Å². The maximum Gasteiger partial charge on any atom is 0.256 e. The van der Waals surface area contributed by atoms with Crippen molar-refractivity contribution in [2.45, 2.75) is 6.61 Å². The number of nitrogens with zero attached hydrogens (tertiary/aromatic N) is 2. The first-order valence-electron chi connectivity index (χ1n) is 7.38. The molecular formula is C18H16FN3O2. The third-order valence-corrected chi connectivity index (χ3v) is 3.39. The van der Waals surface area contributed by atoms with Gasteiger partial charge in [-0.1, -0.05) is 12.1 Å². The second kappa shape index (κ2) is 6.95. The molecule has 0 aliphatic rings. The van der Waals surface area contributed by atoms with E-state index in [1.165, 1.54) is 12.1 Å². The van der Waals surface area contributed by atoms with Gasteiger partial charge in [-0.25, -0.2) is 4.39 Å². The molecule has 0 fully saturated rings. The highest BCUT2D eigenvalue weighted by Gasteiger charge is 2.07. The van der Waals surface area contributed by atoms with Gasteiger partial charge in [0.2, 0.25) is 0 Å². The summed E-state index contributed by atoms with van der Waals surface area (Å²) in [5, 5.41) is 6.82. The minimum Gasteiger partial charge on any atom is -0.489 e. The van der Waals surface area contributed by atoms with Crippen molar-refractivity contribution in [1.82, 2.24) is 9.78 Å². The molecule has 0 bridgehead atoms. The number of nitrogens with one attached hydrogen (secondary N) is 1. The first-order chi connectivity index (χ1) is 11.6. The summed E-state index contributed by atoms with van der Waals surface area (Å²) in [6, 6.07) is 14.6. The van der Waals surface area contributed by atoms with Crippen molar-refractivity contribution in [3.05, 3.63) is 77.7 Å². The molecule has 0 atom stereocenters. The highest BCUT2D eigenvalue weighted by Crippen LogP contribution is 2.14. The number of hydrogen-bond acceptors (Lipinski definition) is 3. The second-order valence-corrected chi connectivity index (χ2v) is 5.27. The van der Waals surface area contributed by atoms with Crippen LogP contribution in [0.2, 0.25) is 0 Å². The quantitative estimate of drug-likeness (QED) is 0.782. The Morgan fingerprint density at radius 2 is 1.83 bits per heavy atom. The molecule has 24 heavy (non-hydrogen) atoms. The largest absolute Gasteiger partial charge is 0.489 e. The number of halogens is 1. The van der Waals surface area contributed by atoms with E-state index in [-0.39, 0.29) is 11.7 Å². The molecule has 3 rings (SSSR count). The molecule has 0 unspecified atom stereocenters. The Balaban J connectivity index is 1.58. The van der Waals surface area contributed by atoms with E-state index in [1.807, 2.05) is 12.1 Å². The molecule has 5 nitrogen and oxygen atoms in total. The maximum absolute atomic E-state index is 12.8. The summed E-state index contributed by atoms with van der Waals surface area (Å²) in [5.74, 6) is 0.574. The van der Waals surface area contributed by atoms with E-state index in [9.17, 15) is 9.18 Å². The molecule has 0 aliphatic carbocycles. The number of carbonyl (C=O) groups excluding carboxylic acids is 1. The van der Waals surface area contributed by atoms with Crippen LogP contribution in [0.3, 0.4) is 0 Å². The van der Waals surface area contributed by atoms with Crippen LogP contribution in [0, 0.1) is 5.82 Å². The number of rotatable bonds is 5. The zero-order valence-electron chi connectivity index (χ0n) is 13.1. The first-order valence-corrected chi connectivity index (χ1v) is 7.38. The molecule has 0 saturated heterocycles. The molecule has 0 aliphatic heterocycles. The molecule has 1 amide bonds. The Labute approximate surface area is 138 Å². The van der Waals surface area contributed by atoms with Crippen molar-refractivity contribution >= 4 is 11.7 Å². The van der Waals surface area contributed by atoms with Crippen molar-refractivity contribution in [3.63, 3.8) is 0 Å². The van der Waals surface area contributed by atoms with Gasteiger partial charge in [-0.05, 0) is 42.0 Å². The topological polar surface area (TPSA) is 56.2 Å². The number of hydrogen-bond donors (Lipinski definition) is 1. The lowest BCUT2D eigenvalue weighted by Crippen LogP contribution is -2.12. The molecule has 1 aromatic heterocycles. The van der Waals surface area contributed by atoms with E-state index in [0.717, 1.165) is 5.56 Å². The fourth-order valence-electron chi connectivity index (χ4n) is 2.12. The number of anilines is 1. The SMILES string of the molecule is Cn1ccc(NC(=O)c2ccc(COc3ccc(F)cc3)cc2)n1. The Morgan fingerprint density at radius 3 is 2.46 bits per heavy atom. The molecule has 0 saturated carbocycles. The summed E-state index contributed by atoms with van der Waals surface area (Å²) in [5.41, 5.74) is 1.44. The van der Waals surface area contributed by atoms with Crippen LogP contribution in [0.1, 0.15) is 15.9 Å². The normalized spacial score (nSPS) is 10.4. The van der Waals surface area contributed by atoms with Gasteiger partial charge in [0.25, 0.3) is 5.91 Å². The van der Waals surface area contributed by atoms with Gasteiger partial charge in [0, 0.05) is 24.9 Å². The first kappa shape index (κ1) is 15.7. The lowest BCUT2D eigenvalue weighted by atomic mass is 10.1. The average Bonchev–Trinajstić information content (AvgIpc) is 2.99. The van der Waals surface area contributed by atoms with Crippen molar-refractivity contribution in [2.75, 3.05) is 5.32 Å². The summed E-state index contributed by atoms with van der Waals surface area (Å²) in [6.07, 6.45) is 1.76. The van der Waals surface area contributed by atoms with Gasteiger partial charge in [0.05, 0.1) is 0 Å². The van der Waals surface area contributed by atoms with Crippen LogP contribution in [0.25, 0.3) is 0 Å². The summed E-state index contributed by atoms with van der Waals surface area (Å²) in [6.45, 7) is 0.341.